The summed E-state index contributed by atoms with van der Waals surface area (Å²) < 4.78 is 17.8. The topological polar surface area (TPSA) is 121 Å². The first kappa shape index (κ1) is 22.1. The number of fused-ring (bicyclic) bond motifs is 1. The Hall–Kier alpha value is -3.67. The van der Waals surface area contributed by atoms with Gasteiger partial charge in [0.2, 0.25) is 0 Å². The summed E-state index contributed by atoms with van der Waals surface area (Å²) in [6, 6.07) is 9.60. The summed E-state index contributed by atoms with van der Waals surface area (Å²) in [4.78, 5) is 16.6. The number of methoxy groups -OCH3 is 1. The minimum absolute atomic E-state index is 0.150. The third kappa shape index (κ3) is 4.81. The first-order valence-corrected chi connectivity index (χ1v) is 10.9. The van der Waals surface area contributed by atoms with Gasteiger partial charge in [-0.15, -0.1) is 5.10 Å². The minimum Gasteiger partial charge on any atom is -0.468 e. The average Bonchev–Trinajstić information content (AvgIpc) is 3.35. The van der Waals surface area contributed by atoms with Crippen molar-refractivity contribution >= 4 is 16.9 Å². The molecule has 1 aromatic carbocycles. The van der Waals surface area contributed by atoms with E-state index in [0.29, 0.717) is 37.0 Å². The number of hydrogen-bond donors (Lipinski definition) is 1. The second-order valence-corrected chi connectivity index (χ2v) is 7.83. The Kier molecular flexibility index (Phi) is 6.56. The number of anilines is 1. The third-order valence-corrected chi connectivity index (χ3v) is 5.41. The summed E-state index contributed by atoms with van der Waals surface area (Å²) in [5.41, 5.74) is 3.73. The molecule has 5 rings (SSSR count). The number of benzene rings is 1. The van der Waals surface area contributed by atoms with Gasteiger partial charge in [0.25, 0.3) is 0 Å². The lowest BCUT2D eigenvalue weighted by Crippen LogP contribution is -2.37. The molecule has 1 N–H and O–H groups in total. The summed E-state index contributed by atoms with van der Waals surface area (Å²) in [6.07, 6.45) is 3.51. The van der Waals surface area contributed by atoms with Crippen molar-refractivity contribution in [3.8, 4) is 17.1 Å². The maximum atomic E-state index is 9.24. The van der Waals surface area contributed by atoms with Crippen molar-refractivity contribution in [2.45, 2.75) is 13.2 Å². The van der Waals surface area contributed by atoms with Gasteiger partial charge in [0.1, 0.15) is 17.0 Å². The molecule has 0 bridgehead atoms. The van der Waals surface area contributed by atoms with Gasteiger partial charge in [-0.05, 0) is 23.8 Å². The van der Waals surface area contributed by atoms with Crippen LogP contribution in [0.25, 0.3) is 22.4 Å². The molecule has 0 spiro atoms. The van der Waals surface area contributed by atoms with Crippen LogP contribution in [0.3, 0.4) is 0 Å². The molecule has 0 saturated carbocycles. The predicted molar refractivity (Wildman–Crippen MR) is 123 cm³/mol. The fourth-order valence-corrected chi connectivity index (χ4v) is 3.78. The Labute approximate surface area is 195 Å². The van der Waals surface area contributed by atoms with Gasteiger partial charge in [0.15, 0.2) is 18.4 Å². The first-order chi connectivity index (χ1) is 16.7. The van der Waals surface area contributed by atoms with Crippen LogP contribution in [0.1, 0.15) is 11.3 Å². The summed E-state index contributed by atoms with van der Waals surface area (Å²) in [7, 11) is 1.58. The molecule has 0 unspecified atom stereocenters. The number of pyridine rings is 1. The molecular formula is C23H25N7O4. The molecule has 1 fully saturated rings. The first-order valence-electron chi connectivity index (χ1n) is 10.9. The maximum absolute atomic E-state index is 9.24. The number of aliphatic hydroxyl groups excluding tert-OH is 1. The molecule has 176 valence electrons. The Morgan fingerprint density at radius 2 is 2.03 bits per heavy atom. The highest BCUT2D eigenvalue weighted by molar-refractivity contribution is 5.88. The van der Waals surface area contributed by atoms with Crippen molar-refractivity contribution < 1.29 is 19.3 Å². The van der Waals surface area contributed by atoms with Gasteiger partial charge in [-0.25, -0.2) is 14.6 Å². The molecule has 0 amide bonds. The molecule has 1 aliphatic heterocycles. The molecule has 0 atom stereocenters. The second kappa shape index (κ2) is 10.1. The van der Waals surface area contributed by atoms with Gasteiger partial charge in [0, 0.05) is 32.0 Å². The van der Waals surface area contributed by atoms with E-state index in [9.17, 15) is 5.11 Å². The van der Waals surface area contributed by atoms with Crippen molar-refractivity contribution in [2.75, 3.05) is 45.1 Å². The molecule has 4 heterocycles. The zero-order valence-electron chi connectivity index (χ0n) is 18.8. The monoisotopic (exact) mass is 463 g/mol. The van der Waals surface area contributed by atoms with E-state index in [4.69, 9.17) is 29.2 Å². The van der Waals surface area contributed by atoms with Gasteiger partial charge in [-0.3, -0.25) is 4.98 Å². The lowest BCUT2D eigenvalue weighted by atomic mass is 10.1. The number of aromatic nitrogens is 6. The van der Waals surface area contributed by atoms with Gasteiger partial charge in [-0.1, -0.05) is 17.3 Å². The van der Waals surface area contributed by atoms with Crippen LogP contribution in [0.15, 0.2) is 42.7 Å². The quantitative estimate of drug-likeness (QED) is 0.386. The minimum atomic E-state index is -0.150. The van der Waals surface area contributed by atoms with E-state index in [-0.39, 0.29) is 13.4 Å². The maximum Gasteiger partial charge on any atom is 0.188 e. The third-order valence-electron chi connectivity index (χ3n) is 5.41. The van der Waals surface area contributed by atoms with Gasteiger partial charge < -0.3 is 24.2 Å². The van der Waals surface area contributed by atoms with Gasteiger partial charge >= 0.3 is 0 Å². The summed E-state index contributed by atoms with van der Waals surface area (Å²) in [5, 5.41) is 17.2. The highest BCUT2D eigenvalue weighted by Gasteiger charge is 2.19. The van der Waals surface area contributed by atoms with Crippen molar-refractivity contribution in [2.24, 2.45) is 0 Å². The number of aliphatic hydroxyl groups is 1. The van der Waals surface area contributed by atoms with Gasteiger partial charge in [-0.2, -0.15) is 0 Å². The zero-order valence-corrected chi connectivity index (χ0v) is 18.8. The molecule has 4 aromatic rings. The summed E-state index contributed by atoms with van der Waals surface area (Å²) in [5.74, 6) is 2.04. The number of morpholine rings is 1. The largest absolute Gasteiger partial charge is 0.468 e. The fraction of sp³-hybridized carbons (Fsp3) is 0.348. The fourth-order valence-electron chi connectivity index (χ4n) is 3.78. The van der Waals surface area contributed by atoms with Crippen LogP contribution in [0, 0.1) is 0 Å². The normalized spacial score (nSPS) is 14.0. The predicted octanol–water partition coefficient (Wildman–Crippen LogP) is 1.64. The summed E-state index contributed by atoms with van der Waals surface area (Å²) in [6.45, 7) is 3.21. The highest BCUT2D eigenvalue weighted by atomic mass is 16.7. The summed E-state index contributed by atoms with van der Waals surface area (Å²) >= 11 is 0. The van der Waals surface area contributed by atoms with E-state index in [1.54, 1.807) is 24.2 Å². The second-order valence-electron chi connectivity index (χ2n) is 7.83. The van der Waals surface area contributed by atoms with E-state index in [0.717, 1.165) is 41.1 Å². The molecule has 11 heteroatoms. The zero-order chi connectivity index (χ0) is 23.3. The smallest absolute Gasteiger partial charge is 0.188 e. The van der Waals surface area contributed by atoms with E-state index >= 15 is 0 Å². The van der Waals surface area contributed by atoms with Crippen LogP contribution in [0.5, 0.6) is 5.75 Å². The van der Waals surface area contributed by atoms with Crippen LogP contribution >= 0.6 is 0 Å². The van der Waals surface area contributed by atoms with Crippen molar-refractivity contribution in [1.82, 2.24) is 29.9 Å². The van der Waals surface area contributed by atoms with E-state index in [2.05, 4.69) is 15.2 Å². The molecule has 11 nitrogen and oxygen atoms in total. The average molecular weight is 463 g/mol. The van der Waals surface area contributed by atoms with E-state index in [1.807, 2.05) is 30.3 Å². The van der Waals surface area contributed by atoms with Gasteiger partial charge in [0.05, 0.1) is 38.1 Å². The van der Waals surface area contributed by atoms with Crippen LogP contribution in [0.4, 0.5) is 5.82 Å². The van der Waals surface area contributed by atoms with E-state index in [1.165, 1.54) is 0 Å². The highest BCUT2D eigenvalue weighted by Crippen LogP contribution is 2.29. The Balaban J connectivity index is 1.56. The van der Waals surface area contributed by atoms with Crippen LogP contribution in [-0.4, -0.2) is 75.3 Å². The Bertz CT molecular complexity index is 1270. The SMILES string of the molecule is COCOc1cccc(-c2nc(N3CCOCC3)c3ncc(Cn4cc(CO)nn4)cc3n2)c1. The van der Waals surface area contributed by atoms with Crippen molar-refractivity contribution in [3.63, 3.8) is 0 Å². The van der Waals surface area contributed by atoms with Crippen LogP contribution in [0.2, 0.25) is 0 Å². The Morgan fingerprint density at radius 3 is 2.82 bits per heavy atom. The standard InChI is InChI=1S/C23H25N7O4/c1-32-15-34-19-4-2-3-17(10-19)22-25-20-9-16(12-30-13-18(14-31)27-28-30)11-24-21(20)23(26-22)29-5-7-33-8-6-29/h2-4,9-11,13,31H,5-8,12,14-15H2,1H3. The molecule has 34 heavy (non-hydrogen) atoms. The number of hydrogen-bond acceptors (Lipinski definition) is 10. The number of nitrogens with zero attached hydrogens (tertiary/aromatic N) is 7. The number of rotatable bonds is 8. The molecule has 1 saturated heterocycles. The lowest BCUT2D eigenvalue weighted by molar-refractivity contribution is 0.0511. The van der Waals surface area contributed by atoms with Crippen LogP contribution in [-0.2, 0) is 22.6 Å². The lowest BCUT2D eigenvalue weighted by Gasteiger charge is -2.28. The molecule has 0 radical (unpaired) electrons. The molecule has 3 aromatic heterocycles. The van der Waals surface area contributed by atoms with Crippen molar-refractivity contribution in [3.05, 3.63) is 54.0 Å². The Morgan fingerprint density at radius 1 is 1.15 bits per heavy atom. The number of ether oxygens (including phenoxy) is 3. The van der Waals surface area contributed by atoms with E-state index < -0.39 is 0 Å². The molecular weight excluding hydrogens is 438 g/mol. The molecule has 0 aliphatic carbocycles. The molecule has 1 aliphatic rings. The van der Waals surface area contributed by atoms with Crippen LogP contribution < -0.4 is 9.64 Å². The van der Waals surface area contributed by atoms with Crippen molar-refractivity contribution in [1.29, 1.82) is 0 Å².